The van der Waals surface area contributed by atoms with Crippen molar-refractivity contribution in [3.63, 3.8) is 0 Å². The Labute approximate surface area is 178 Å². The van der Waals surface area contributed by atoms with Gasteiger partial charge in [0.1, 0.15) is 6.54 Å². The van der Waals surface area contributed by atoms with E-state index in [0.29, 0.717) is 17.5 Å². The van der Waals surface area contributed by atoms with Crippen LogP contribution in [0, 0.1) is 13.8 Å². The van der Waals surface area contributed by atoms with Crippen LogP contribution in [-0.4, -0.2) is 20.7 Å². The van der Waals surface area contributed by atoms with E-state index in [0.717, 1.165) is 33.3 Å². The van der Waals surface area contributed by atoms with Crippen LogP contribution < -0.4 is 5.32 Å². The molecule has 5 aromatic rings. The molecule has 0 saturated carbocycles. The topological polar surface area (TPSA) is 86.1 Å². The number of hydrogen-bond donors (Lipinski definition) is 1. The van der Waals surface area contributed by atoms with Gasteiger partial charge >= 0.3 is 0 Å². The van der Waals surface area contributed by atoms with Crippen molar-refractivity contribution in [2.75, 3.05) is 5.32 Å². The number of anilines is 1. The van der Waals surface area contributed by atoms with Crippen LogP contribution in [0.1, 0.15) is 11.1 Å². The molecule has 5 rings (SSSR count). The van der Waals surface area contributed by atoms with Crippen molar-refractivity contribution in [1.29, 1.82) is 0 Å². The molecule has 154 valence electrons. The number of furan rings is 1. The molecule has 7 nitrogen and oxygen atoms in total. The highest BCUT2D eigenvalue weighted by Crippen LogP contribution is 2.31. The van der Waals surface area contributed by atoms with Crippen molar-refractivity contribution in [2.45, 2.75) is 20.4 Å². The maximum absolute atomic E-state index is 12.8. The van der Waals surface area contributed by atoms with Crippen LogP contribution in [0.5, 0.6) is 0 Å². The quantitative estimate of drug-likeness (QED) is 0.428. The van der Waals surface area contributed by atoms with Gasteiger partial charge in [-0.05, 0) is 43.7 Å². The maximum Gasteiger partial charge on any atom is 0.283 e. The molecule has 0 unspecified atom stereocenters. The molecule has 0 aliphatic rings. The van der Waals surface area contributed by atoms with Gasteiger partial charge < -0.3 is 18.7 Å². The average molecular weight is 412 g/mol. The molecule has 0 radical (unpaired) electrons. The zero-order valence-corrected chi connectivity index (χ0v) is 17.1. The third kappa shape index (κ3) is 3.61. The summed E-state index contributed by atoms with van der Waals surface area (Å²) < 4.78 is 13.1. The SMILES string of the molecule is Cc1ccc(NC(=O)Cn2cc(-c3nnc(-c4ccco4)o3)c3ccccc32)c(C)c1. The largest absolute Gasteiger partial charge is 0.459 e. The molecule has 0 atom stereocenters. The molecule has 0 fully saturated rings. The van der Waals surface area contributed by atoms with E-state index in [1.54, 1.807) is 18.4 Å². The molecule has 0 aliphatic carbocycles. The monoisotopic (exact) mass is 412 g/mol. The standard InChI is InChI=1S/C24H20N4O3/c1-15-9-10-19(16(2)12-15)25-22(29)14-28-13-18(17-6-3-4-7-20(17)28)23-26-27-24(31-23)21-8-5-11-30-21/h3-13H,14H2,1-2H3,(H,25,29). The van der Waals surface area contributed by atoms with Gasteiger partial charge in [-0.1, -0.05) is 35.9 Å². The Balaban J connectivity index is 1.46. The predicted octanol–water partition coefficient (Wildman–Crippen LogP) is 5.21. The number of benzene rings is 2. The Morgan fingerprint density at radius 3 is 2.68 bits per heavy atom. The van der Waals surface area contributed by atoms with Crippen molar-refractivity contribution in [2.24, 2.45) is 0 Å². The molecule has 0 aliphatic heterocycles. The van der Waals surface area contributed by atoms with Crippen molar-refractivity contribution < 1.29 is 13.6 Å². The number of fused-ring (bicyclic) bond motifs is 1. The molecule has 1 amide bonds. The highest BCUT2D eigenvalue weighted by Gasteiger charge is 2.18. The lowest BCUT2D eigenvalue weighted by Crippen LogP contribution is -2.18. The summed E-state index contributed by atoms with van der Waals surface area (Å²) in [5.41, 5.74) is 4.67. The highest BCUT2D eigenvalue weighted by atomic mass is 16.4. The fourth-order valence-corrected chi connectivity index (χ4v) is 3.68. The molecule has 7 heteroatoms. The van der Waals surface area contributed by atoms with Gasteiger partial charge in [-0.2, -0.15) is 0 Å². The normalized spacial score (nSPS) is 11.2. The summed E-state index contributed by atoms with van der Waals surface area (Å²) in [5.74, 6) is 1.08. The van der Waals surface area contributed by atoms with Gasteiger partial charge in [-0.25, -0.2) is 0 Å². The second kappa shape index (κ2) is 7.60. The van der Waals surface area contributed by atoms with Crippen LogP contribution >= 0.6 is 0 Å². The first-order valence-electron chi connectivity index (χ1n) is 9.91. The van der Waals surface area contributed by atoms with Gasteiger partial charge in [0.25, 0.3) is 5.89 Å². The van der Waals surface area contributed by atoms with Gasteiger partial charge in [0.15, 0.2) is 5.76 Å². The van der Waals surface area contributed by atoms with Gasteiger partial charge in [0.2, 0.25) is 11.8 Å². The van der Waals surface area contributed by atoms with Crippen LogP contribution in [0.3, 0.4) is 0 Å². The van der Waals surface area contributed by atoms with Crippen LogP contribution in [0.4, 0.5) is 5.69 Å². The third-order valence-electron chi connectivity index (χ3n) is 5.15. The first kappa shape index (κ1) is 18.9. The number of rotatable bonds is 5. The van der Waals surface area contributed by atoms with E-state index in [2.05, 4.69) is 15.5 Å². The number of para-hydroxylation sites is 1. The van der Waals surface area contributed by atoms with Crippen LogP contribution in [0.2, 0.25) is 0 Å². The van der Waals surface area contributed by atoms with Crippen LogP contribution in [-0.2, 0) is 11.3 Å². The summed E-state index contributed by atoms with van der Waals surface area (Å²) in [4.78, 5) is 12.8. The Morgan fingerprint density at radius 1 is 1.03 bits per heavy atom. The zero-order valence-electron chi connectivity index (χ0n) is 17.1. The average Bonchev–Trinajstić information content (AvgIpc) is 3.50. The molecule has 3 heterocycles. The zero-order chi connectivity index (χ0) is 21.4. The summed E-state index contributed by atoms with van der Waals surface area (Å²) in [6.07, 6.45) is 3.42. The smallest absolute Gasteiger partial charge is 0.283 e. The summed E-state index contributed by atoms with van der Waals surface area (Å²) >= 11 is 0. The molecular weight excluding hydrogens is 392 g/mol. The lowest BCUT2D eigenvalue weighted by atomic mass is 10.1. The first-order valence-corrected chi connectivity index (χ1v) is 9.91. The molecule has 31 heavy (non-hydrogen) atoms. The van der Waals surface area contributed by atoms with Crippen LogP contribution in [0.25, 0.3) is 34.0 Å². The van der Waals surface area contributed by atoms with Gasteiger partial charge in [0.05, 0.1) is 11.8 Å². The van der Waals surface area contributed by atoms with Gasteiger partial charge in [-0.3, -0.25) is 4.79 Å². The van der Waals surface area contributed by atoms with Crippen LogP contribution in [0.15, 0.2) is 75.9 Å². The molecule has 3 aromatic heterocycles. The minimum absolute atomic E-state index is 0.110. The first-order chi connectivity index (χ1) is 15.1. The fraction of sp³-hybridized carbons (Fsp3) is 0.125. The number of hydrogen-bond acceptors (Lipinski definition) is 5. The van der Waals surface area contributed by atoms with Gasteiger partial charge in [0, 0.05) is 22.8 Å². The second-order valence-corrected chi connectivity index (χ2v) is 7.44. The third-order valence-corrected chi connectivity index (χ3v) is 5.15. The summed E-state index contributed by atoms with van der Waals surface area (Å²) in [7, 11) is 0. The minimum Gasteiger partial charge on any atom is -0.459 e. The number of amides is 1. The Bertz CT molecular complexity index is 1380. The Hall–Kier alpha value is -4.13. The fourth-order valence-electron chi connectivity index (χ4n) is 3.68. The lowest BCUT2D eigenvalue weighted by molar-refractivity contribution is -0.116. The van der Waals surface area contributed by atoms with Crippen molar-refractivity contribution >= 4 is 22.5 Å². The Kier molecular flexibility index (Phi) is 4.63. The molecule has 0 bridgehead atoms. The minimum atomic E-state index is -0.110. The summed E-state index contributed by atoms with van der Waals surface area (Å²) in [6.45, 7) is 4.17. The maximum atomic E-state index is 12.8. The molecule has 2 aromatic carbocycles. The molecule has 0 spiro atoms. The number of aromatic nitrogens is 3. The van der Waals surface area contributed by atoms with Crippen molar-refractivity contribution in [1.82, 2.24) is 14.8 Å². The number of aryl methyl sites for hydroxylation is 2. The van der Waals surface area contributed by atoms with E-state index in [9.17, 15) is 4.79 Å². The van der Waals surface area contributed by atoms with E-state index < -0.39 is 0 Å². The van der Waals surface area contributed by atoms with Crippen molar-refractivity contribution in [3.05, 3.63) is 78.2 Å². The molecular formula is C24H20N4O3. The van der Waals surface area contributed by atoms with E-state index in [1.807, 2.05) is 67.1 Å². The number of carbonyl (C=O) groups is 1. The van der Waals surface area contributed by atoms with E-state index >= 15 is 0 Å². The molecule has 0 saturated heterocycles. The Morgan fingerprint density at radius 2 is 1.87 bits per heavy atom. The van der Waals surface area contributed by atoms with E-state index in [1.165, 1.54) is 0 Å². The van der Waals surface area contributed by atoms with E-state index in [4.69, 9.17) is 8.83 Å². The van der Waals surface area contributed by atoms with Gasteiger partial charge in [-0.15, -0.1) is 10.2 Å². The highest BCUT2D eigenvalue weighted by molar-refractivity contribution is 5.97. The van der Waals surface area contributed by atoms with Crippen molar-refractivity contribution in [3.8, 4) is 23.1 Å². The lowest BCUT2D eigenvalue weighted by Gasteiger charge is -2.10. The predicted molar refractivity (Wildman–Crippen MR) is 117 cm³/mol. The number of carbonyl (C=O) groups excluding carboxylic acids is 1. The number of nitrogens with zero attached hydrogens (tertiary/aromatic N) is 3. The summed E-state index contributed by atoms with van der Waals surface area (Å²) in [5, 5.41) is 12.2. The number of nitrogens with one attached hydrogen (secondary N) is 1. The van der Waals surface area contributed by atoms with E-state index in [-0.39, 0.29) is 12.5 Å². The second-order valence-electron chi connectivity index (χ2n) is 7.44. The summed E-state index contributed by atoms with van der Waals surface area (Å²) in [6, 6.07) is 17.3. The molecule has 1 N–H and O–H groups in total.